The number of benzene rings is 1. The summed E-state index contributed by atoms with van der Waals surface area (Å²) < 4.78 is 5.21. The number of allylic oxidation sites excluding steroid dienone is 2. The van der Waals surface area contributed by atoms with E-state index in [1.807, 2.05) is 0 Å². The summed E-state index contributed by atoms with van der Waals surface area (Å²) in [5, 5.41) is 10.1. The number of fused-ring (bicyclic) bond motifs is 4. The van der Waals surface area contributed by atoms with Gasteiger partial charge in [0.2, 0.25) is 23.6 Å². The third-order valence-electron chi connectivity index (χ3n) is 7.72. The standard InChI is InChI=1S/C23H21ClN4O8/c1-36-13-5-7(4-12(24)17(13)29)14-8-2-3-9-15(20(32)27(18(9)30)22(25)34)10(8)6-11-16(14)21(33)28(19(11)31)23(26)35/h2,4-5,9-11,14-16,29H,3,6H2,1H3,(H2,25,34)(H2,26,35). The molecular weight excluding hydrogens is 496 g/mol. The van der Waals surface area contributed by atoms with Crippen LogP contribution < -0.4 is 16.2 Å². The van der Waals surface area contributed by atoms with Gasteiger partial charge < -0.3 is 21.3 Å². The largest absolute Gasteiger partial charge is 0.503 e. The highest BCUT2D eigenvalue weighted by molar-refractivity contribution is 6.32. The summed E-state index contributed by atoms with van der Waals surface area (Å²) in [5.41, 5.74) is 11.6. The molecule has 6 atom stereocenters. The summed E-state index contributed by atoms with van der Waals surface area (Å²) in [6, 6.07) is 0.466. The van der Waals surface area contributed by atoms with Crippen LogP contribution in [-0.2, 0) is 19.2 Å². The van der Waals surface area contributed by atoms with E-state index in [2.05, 4.69) is 0 Å². The molecule has 5 rings (SSSR count). The third-order valence-corrected chi connectivity index (χ3v) is 8.01. The van der Waals surface area contributed by atoms with Crippen molar-refractivity contribution in [1.82, 2.24) is 9.80 Å². The van der Waals surface area contributed by atoms with E-state index in [4.69, 9.17) is 27.8 Å². The quantitative estimate of drug-likeness (QED) is 0.380. The summed E-state index contributed by atoms with van der Waals surface area (Å²) >= 11 is 6.22. The van der Waals surface area contributed by atoms with Crippen LogP contribution in [-0.4, -0.2) is 57.7 Å². The fourth-order valence-electron chi connectivity index (χ4n) is 6.33. The first kappa shape index (κ1) is 23.8. The SMILES string of the molecule is COc1cc(C2C3=CCC4C(=O)N(C(N)=O)C(=O)C4C3CC3C(=O)N(C(N)=O)C(=O)C32)cc(Cl)c1O. The number of primary amides is 2. The molecule has 2 aliphatic heterocycles. The second kappa shape index (κ2) is 8.05. The van der Waals surface area contributed by atoms with Gasteiger partial charge in [0.1, 0.15) is 0 Å². The van der Waals surface area contributed by atoms with Crippen LogP contribution in [0.5, 0.6) is 11.5 Å². The van der Waals surface area contributed by atoms with E-state index in [9.17, 15) is 33.9 Å². The Kier molecular flexibility index (Phi) is 5.32. The Balaban J connectivity index is 1.69. The molecule has 13 heteroatoms. The summed E-state index contributed by atoms with van der Waals surface area (Å²) in [5.74, 6) is -8.86. The smallest absolute Gasteiger partial charge is 0.328 e. The fraction of sp³-hybridized carbons (Fsp3) is 0.391. The number of urea groups is 2. The molecular formula is C23H21ClN4O8. The van der Waals surface area contributed by atoms with Crippen LogP contribution in [0.15, 0.2) is 23.8 Å². The first-order valence-electron chi connectivity index (χ1n) is 11.1. The van der Waals surface area contributed by atoms with Gasteiger partial charge in [-0.1, -0.05) is 23.3 Å². The molecule has 0 aromatic heterocycles. The number of carbonyl (C=O) groups excluding carboxylic acids is 6. The zero-order valence-electron chi connectivity index (χ0n) is 18.8. The van der Waals surface area contributed by atoms with Crippen LogP contribution in [0.2, 0.25) is 5.02 Å². The maximum atomic E-state index is 13.3. The number of aromatic hydroxyl groups is 1. The minimum Gasteiger partial charge on any atom is -0.503 e. The van der Waals surface area contributed by atoms with Crippen LogP contribution in [0.3, 0.4) is 0 Å². The number of phenols is 1. The molecule has 2 aliphatic carbocycles. The van der Waals surface area contributed by atoms with Gasteiger partial charge in [0.05, 0.1) is 35.8 Å². The molecule has 2 saturated heterocycles. The Morgan fingerprint density at radius 1 is 0.944 bits per heavy atom. The molecule has 36 heavy (non-hydrogen) atoms. The second-order valence-electron chi connectivity index (χ2n) is 9.28. The Morgan fingerprint density at radius 2 is 1.53 bits per heavy atom. The molecule has 8 amide bonds. The zero-order chi connectivity index (χ0) is 26.2. The molecule has 5 N–H and O–H groups in total. The minimum absolute atomic E-state index is 0.0148. The number of likely N-dealkylation sites (tertiary alicyclic amines) is 2. The van der Waals surface area contributed by atoms with Crippen molar-refractivity contribution in [3.05, 3.63) is 34.4 Å². The van der Waals surface area contributed by atoms with Gasteiger partial charge in [-0.05, 0) is 36.5 Å². The number of nitrogens with zero attached hydrogens (tertiary/aromatic N) is 2. The molecule has 0 spiro atoms. The van der Waals surface area contributed by atoms with Gasteiger partial charge in [-0.15, -0.1) is 0 Å². The first-order valence-corrected chi connectivity index (χ1v) is 11.5. The number of rotatable bonds is 2. The van der Waals surface area contributed by atoms with Crippen molar-refractivity contribution in [2.24, 2.45) is 41.1 Å². The van der Waals surface area contributed by atoms with Crippen LogP contribution in [0.25, 0.3) is 0 Å². The summed E-state index contributed by atoms with van der Waals surface area (Å²) in [4.78, 5) is 77.1. The molecule has 3 fully saturated rings. The first-order chi connectivity index (χ1) is 17.0. The van der Waals surface area contributed by atoms with E-state index in [0.29, 0.717) is 20.9 Å². The summed E-state index contributed by atoms with van der Waals surface area (Å²) in [6.07, 6.45) is 1.81. The highest BCUT2D eigenvalue weighted by atomic mass is 35.5. The third kappa shape index (κ3) is 3.06. The molecule has 6 unspecified atom stereocenters. The molecule has 0 bridgehead atoms. The van der Waals surface area contributed by atoms with E-state index >= 15 is 0 Å². The molecule has 1 aromatic carbocycles. The van der Waals surface area contributed by atoms with E-state index in [1.54, 1.807) is 6.08 Å². The molecule has 12 nitrogen and oxygen atoms in total. The summed E-state index contributed by atoms with van der Waals surface area (Å²) in [6.45, 7) is 0. The van der Waals surface area contributed by atoms with Crippen molar-refractivity contribution in [3.8, 4) is 11.5 Å². The van der Waals surface area contributed by atoms with Gasteiger partial charge in [0, 0.05) is 5.92 Å². The number of carbonyl (C=O) groups is 6. The highest BCUT2D eigenvalue weighted by Gasteiger charge is 2.63. The van der Waals surface area contributed by atoms with Gasteiger partial charge >= 0.3 is 12.1 Å². The number of methoxy groups -OCH3 is 1. The Hall–Kier alpha value is -3.93. The Morgan fingerprint density at radius 3 is 2.11 bits per heavy atom. The Bertz CT molecular complexity index is 1310. The van der Waals surface area contributed by atoms with Gasteiger partial charge in [0.15, 0.2) is 11.5 Å². The van der Waals surface area contributed by atoms with Crippen molar-refractivity contribution < 1.29 is 38.6 Å². The van der Waals surface area contributed by atoms with E-state index < -0.39 is 71.2 Å². The monoisotopic (exact) mass is 516 g/mol. The van der Waals surface area contributed by atoms with Crippen LogP contribution in [0.1, 0.15) is 24.3 Å². The van der Waals surface area contributed by atoms with Crippen molar-refractivity contribution in [2.75, 3.05) is 7.11 Å². The number of imide groups is 6. The zero-order valence-corrected chi connectivity index (χ0v) is 19.6. The van der Waals surface area contributed by atoms with E-state index in [1.165, 1.54) is 19.2 Å². The number of amides is 8. The van der Waals surface area contributed by atoms with Crippen molar-refractivity contribution in [2.45, 2.75) is 18.8 Å². The van der Waals surface area contributed by atoms with Crippen LogP contribution in [0.4, 0.5) is 9.59 Å². The van der Waals surface area contributed by atoms with Crippen molar-refractivity contribution >= 4 is 47.3 Å². The lowest BCUT2D eigenvalue weighted by Crippen LogP contribution is -2.44. The molecule has 1 saturated carbocycles. The average molecular weight is 517 g/mol. The van der Waals surface area contributed by atoms with Crippen molar-refractivity contribution in [1.29, 1.82) is 0 Å². The van der Waals surface area contributed by atoms with Gasteiger partial charge in [-0.25, -0.2) is 9.59 Å². The Labute approximate surface area is 208 Å². The van der Waals surface area contributed by atoms with E-state index in [0.717, 1.165) is 0 Å². The van der Waals surface area contributed by atoms with Crippen LogP contribution in [0, 0.1) is 29.6 Å². The number of hydrogen-bond donors (Lipinski definition) is 3. The normalized spacial score (nSPS) is 31.1. The van der Waals surface area contributed by atoms with Gasteiger partial charge in [-0.3, -0.25) is 19.2 Å². The minimum atomic E-state index is -1.22. The summed E-state index contributed by atoms with van der Waals surface area (Å²) in [7, 11) is 1.31. The van der Waals surface area contributed by atoms with Gasteiger partial charge in [0.25, 0.3) is 0 Å². The number of nitrogens with two attached hydrogens (primary N) is 2. The number of halogens is 1. The lowest BCUT2D eigenvalue weighted by molar-refractivity contribution is -0.138. The van der Waals surface area contributed by atoms with Crippen molar-refractivity contribution in [3.63, 3.8) is 0 Å². The average Bonchev–Trinajstić information content (AvgIpc) is 3.23. The number of phenolic OH excluding ortho intramolecular Hbond substituents is 1. The topological polar surface area (TPSA) is 190 Å². The highest BCUT2D eigenvalue weighted by Crippen LogP contribution is 2.58. The molecule has 2 heterocycles. The maximum absolute atomic E-state index is 13.3. The van der Waals surface area contributed by atoms with Gasteiger partial charge in [-0.2, -0.15) is 9.80 Å². The number of hydrogen-bond acceptors (Lipinski definition) is 8. The lowest BCUT2D eigenvalue weighted by atomic mass is 9.57. The second-order valence-corrected chi connectivity index (χ2v) is 9.69. The predicted molar refractivity (Wildman–Crippen MR) is 120 cm³/mol. The molecule has 4 aliphatic rings. The van der Waals surface area contributed by atoms with Crippen LogP contribution >= 0.6 is 11.6 Å². The fourth-order valence-corrected chi connectivity index (χ4v) is 6.55. The number of ether oxygens (including phenoxy) is 1. The molecule has 1 aromatic rings. The lowest BCUT2D eigenvalue weighted by Gasteiger charge is -2.44. The maximum Gasteiger partial charge on any atom is 0.328 e. The molecule has 188 valence electrons. The molecule has 0 radical (unpaired) electrons. The predicted octanol–water partition coefficient (Wildman–Crippen LogP) is 0.848. The van der Waals surface area contributed by atoms with E-state index in [-0.39, 0.29) is 29.4 Å².